The maximum absolute atomic E-state index is 12.3. The summed E-state index contributed by atoms with van der Waals surface area (Å²) < 4.78 is 1.68. The molecule has 6 nitrogen and oxygen atoms in total. The fourth-order valence-corrected chi connectivity index (χ4v) is 4.84. The molecule has 136 valence electrons. The second kappa shape index (κ2) is 5.94. The molecule has 0 saturated heterocycles. The standard InChI is InChI=1S/C19H29N5O/c1-12-7-14(9-19(2,3)8-12)24(13-5-6-13)11-16-21-17-15(18(25)22-16)10-20-23(17)4/h10,12-14H,5-9,11H2,1-4H3,(H,21,22,25). The fraction of sp³-hybridized carbons (Fsp3) is 0.737. The zero-order valence-electron chi connectivity index (χ0n) is 15.7. The predicted octanol–water partition coefficient (Wildman–Crippen LogP) is 2.84. The van der Waals surface area contributed by atoms with Gasteiger partial charge in [0.05, 0.1) is 12.7 Å². The van der Waals surface area contributed by atoms with E-state index in [-0.39, 0.29) is 5.56 Å². The van der Waals surface area contributed by atoms with Crippen LogP contribution in [0.2, 0.25) is 0 Å². The first-order valence-electron chi connectivity index (χ1n) is 9.49. The lowest BCUT2D eigenvalue weighted by molar-refractivity contribution is 0.0549. The van der Waals surface area contributed by atoms with Crippen LogP contribution in [-0.4, -0.2) is 36.7 Å². The molecule has 6 heteroatoms. The molecule has 2 atom stereocenters. The summed E-state index contributed by atoms with van der Waals surface area (Å²) in [5.41, 5.74) is 0.982. The van der Waals surface area contributed by atoms with Crippen LogP contribution in [-0.2, 0) is 13.6 Å². The summed E-state index contributed by atoms with van der Waals surface area (Å²) in [6.07, 6.45) is 7.91. The first kappa shape index (κ1) is 16.8. The highest BCUT2D eigenvalue weighted by Gasteiger charge is 2.40. The van der Waals surface area contributed by atoms with E-state index in [1.54, 1.807) is 10.9 Å². The number of H-pyrrole nitrogens is 1. The number of nitrogens with zero attached hydrogens (tertiary/aromatic N) is 4. The van der Waals surface area contributed by atoms with Crippen LogP contribution in [0.15, 0.2) is 11.0 Å². The molecule has 2 heterocycles. The third-order valence-corrected chi connectivity index (χ3v) is 5.83. The minimum Gasteiger partial charge on any atom is -0.309 e. The van der Waals surface area contributed by atoms with Crippen molar-refractivity contribution in [2.45, 2.75) is 71.5 Å². The average Bonchev–Trinajstić information content (AvgIpc) is 3.27. The number of fused-ring (bicyclic) bond motifs is 1. The van der Waals surface area contributed by atoms with Crippen molar-refractivity contribution in [1.29, 1.82) is 0 Å². The van der Waals surface area contributed by atoms with Crippen molar-refractivity contribution < 1.29 is 0 Å². The van der Waals surface area contributed by atoms with Gasteiger partial charge < -0.3 is 4.98 Å². The van der Waals surface area contributed by atoms with E-state index in [1.165, 1.54) is 32.1 Å². The SMILES string of the molecule is CC1CC(N(Cc2nc3c(cnn3C)c(=O)[nH]2)C2CC2)CC(C)(C)C1. The minimum atomic E-state index is -0.0822. The van der Waals surface area contributed by atoms with Crippen LogP contribution in [0.5, 0.6) is 0 Å². The van der Waals surface area contributed by atoms with Crippen molar-refractivity contribution in [3.05, 3.63) is 22.4 Å². The van der Waals surface area contributed by atoms with Gasteiger partial charge in [-0.2, -0.15) is 5.10 Å². The van der Waals surface area contributed by atoms with Crippen molar-refractivity contribution in [2.24, 2.45) is 18.4 Å². The molecule has 2 aliphatic carbocycles. The van der Waals surface area contributed by atoms with Gasteiger partial charge in [0.2, 0.25) is 0 Å². The van der Waals surface area contributed by atoms with Crippen LogP contribution in [0.4, 0.5) is 0 Å². The minimum absolute atomic E-state index is 0.0822. The third-order valence-electron chi connectivity index (χ3n) is 5.83. The summed E-state index contributed by atoms with van der Waals surface area (Å²) in [4.78, 5) is 22.6. The molecular weight excluding hydrogens is 314 g/mol. The highest BCUT2D eigenvalue weighted by atomic mass is 16.1. The summed E-state index contributed by atoms with van der Waals surface area (Å²) >= 11 is 0. The Bertz CT molecular complexity index is 832. The van der Waals surface area contributed by atoms with Crippen LogP contribution in [0.25, 0.3) is 11.0 Å². The van der Waals surface area contributed by atoms with E-state index >= 15 is 0 Å². The molecule has 1 N–H and O–H groups in total. The monoisotopic (exact) mass is 343 g/mol. The molecule has 2 aliphatic rings. The highest BCUT2D eigenvalue weighted by Crippen LogP contribution is 2.43. The lowest BCUT2D eigenvalue weighted by Crippen LogP contribution is -2.44. The number of aromatic nitrogens is 4. The predicted molar refractivity (Wildman–Crippen MR) is 98.3 cm³/mol. The summed E-state index contributed by atoms with van der Waals surface area (Å²) in [5.74, 6) is 1.52. The van der Waals surface area contributed by atoms with E-state index in [2.05, 4.69) is 35.8 Å². The van der Waals surface area contributed by atoms with E-state index in [0.717, 1.165) is 18.3 Å². The molecule has 0 amide bonds. The largest absolute Gasteiger partial charge is 0.309 e. The summed E-state index contributed by atoms with van der Waals surface area (Å²) in [6.45, 7) is 7.89. The van der Waals surface area contributed by atoms with Gasteiger partial charge in [-0.15, -0.1) is 0 Å². The van der Waals surface area contributed by atoms with Crippen molar-refractivity contribution >= 4 is 11.0 Å². The van der Waals surface area contributed by atoms with Gasteiger partial charge in [0.15, 0.2) is 5.65 Å². The maximum atomic E-state index is 12.3. The van der Waals surface area contributed by atoms with Gasteiger partial charge in [0.25, 0.3) is 5.56 Å². The number of aryl methyl sites for hydroxylation is 1. The molecule has 2 saturated carbocycles. The smallest absolute Gasteiger partial charge is 0.262 e. The Kier molecular flexibility index (Phi) is 3.98. The van der Waals surface area contributed by atoms with Gasteiger partial charge in [0, 0.05) is 19.1 Å². The Morgan fingerprint density at radius 1 is 1.32 bits per heavy atom. The van der Waals surface area contributed by atoms with E-state index in [1.807, 2.05) is 7.05 Å². The molecule has 2 aromatic rings. The molecule has 2 fully saturated rings. The number of rotatable bonds is 4. The Morgan fingerprint density at radius 3 is 2.76 bits per heavy atom. The summed E-state index contributed by atoms with van der Waals surface area (Å²) in [7, 11) is 1.84. The third kappa shape index (κ3) is 3.36. The molecule has 0 spiro atoms. The normalized spacial score (nSPS) is 26.4. The topological polar surface area (TPSA) is 66.8 Å². The second-order valence-electron chi connectivity index (χ2n) is 8.99. The van der Waals surface area contributed by atoms with E-state index < -0.39 is 0 Å². The first-order chi connectivity index (χ1) is 11.8. The van der Waals surface area contributed by atoms with Gasteiger partial charge in [-0.3, -0.25) is 14.4 Å². The first-order valence-corrected chi connectivity index (χ1v) is 9.49. The van der Waals surface area contributed by atoms with Gasteiger partial charge in [0.1, 0.15) is 11.2 Å². The number of nitrogens with one attached hydrogen (secondary N) is 1. The fourth-order valence-electron chi connectivity index (χ4n) is 4.84. The number of aromatic amines is 1. The van der Waals surface area contributed by atoms with Crippen molar-refractivity contribution in [2.75, 3.05) is 0 Å². The van der Waals surface area contributed by atoms with E-state index in [9.17, 15) is 4.79 Å². The molecule has 2 unspecified atom stereocenters. The summed E-state index contributed by atoms with van der Waals surface area (Å²) in [6, 6.07) is 1.23. The zero-order valence-corrected chi connectivity index (χ0v) is 15.7. The Labute approximate surface area is 148 Å². The quantitative estimate of drug-likeness (QED) is 0.927. The van der Waals surface area contributed by atoms with Crippen LogP contribution in [0, 0.1) is 11.3 Å². The van der Waals surface area contributed by atoms with E-state index in [0.29, 0.717) is 28.5 Å². The Balaban J connectivity index is 1.62. The van der Waals surface area contributed by atoms with Gasteiger partial charge in [-0.25, -0.2) is 4.98 Å². The van der Waals surface area contributed by atoms with Crippen LogP contribution in [0.1, 0.15) is 58.7 Å². The Hall–Kier alpha value is -1.69. The second-order valence-corrected chi connectivity index (χ2v) is 8.99. The lowest BCUT2D eigenvalue weighted by Gasteiger charge is -2.44. The van der Waals surface area contributed by atoms with Crippen LogP contribution in [0.3, 0.4) is 0 Å². The highest BCUT2D eigenvalue weighted by molar-refractivity contribution is 5.72. The van der Waals surface area contributed by atoms with Crippen molar-refractivity contribution in [3.63, 3.8) is 0 Å². The lowest BCUT2D eigenvalue weighted by atomic mass is 9.70. The molecular formula is C19H29N5O. The van der Waals surface area contributed by atoms with Gasteiger partial charge in [-0.1, -0.05) is 20.8 Å². The number of hydrogen-bond donors (Lipinski definition) is 1. The molecule has 0 radical (unpaired) electrons. The molecule has 0 aromatic carbocycles. The van der Waals surface area contributed by atoms with Crippen molar-refractivity contribution in [1.82, 2.24) is 24.6 Å². The van der Waals surface area contributed by atoms with Crippen molar-refractivity contribution in [3.8, 4) is 0 Å². The Morgan fingerprint density at radius 2 is 2.08 bits per heavy atom. The number of hydrogen-bond acceptors (Lipinski definition) is 4. The molecule has 2 aromatic heterocycles. The maximum Gasteiger partial charge on any atom is 0.262 e. The molecule has 0 bridgehead atoms. The zero-order chi connectivity index (χ0) is 17.8. The average molecular weight is 343 g/mol. The van der Waals surface area contributed by atoms with Crippen LogP contribution < -0.4 is 5.56 Å². The molecule has 25 heavy (non-hydrogen) atoms. The molecule has 0 aliphatic heterocycles. The molecule has 4 rings (SSSR count). The van der Waals surface area contributed by atoms with E-state index in [4.69, 9.17) is 4.98 Å². The van der Waals surface area contributed by atoms with Gasteiger partial charge >= 0.3 is 0 Å². The summed E-state index contributed by atoms with van der Waals surface area (Å²) in [5, 5.41) is 4.73. The van der Waals surface area contributed by atoms with Crippen LogP contribution >= 0.6 is 0 Å². The van der Waals surface area contributed by atoms with Gasteiger partial charge in [-0.05, 0) is 43.4 Å².